The zero-order valence-electron chi connectivity index (χ0n) is 20.5. The first-order chi connectivity index (χ1) is 18.2. The van der Waals surface area contributed by atoms with Crippen LogP contribution in [0.5, 0.6) is 5.75 Å². The summed E-state index contributed by atoms with van der Waals surface area (Å²) in [6, 6.07) is 8.92. The zero-order chi connectivity index (χ0) is 27.1. The summed E-state index contributed by atoms with van der Waals surface area (Å²) in [4.78, 5) is 31.0. The van der Waals surface area contributed by atoms with Crippen molar-refractivity contribution in [2.24, 2.45) is 5.92 Å². The molecule has 202 valence electrons. The number of nitrogens with one attached hydrogen (secondary N) is 3. The maximum Gasteiger partial charge on any atom is 0.487 e. The van der Waals surface area contributed by atoms with Crippen molar-refractivity contribution >= 4 is 34.9 Å². The first kappa shape index (κ1) is 27.3. The first-order valence-corrected chi connectivity index (χ1v) is 12.3. The topological polar surface area (TPSA) is 121 Å². The highest BCUT2D eigenvalue weighted by Crippen LogP contribution is 2.32. The summed E-state index contributed by atoms with van der Waals surface area (Å²) in [6.07, 6.45) is 4.33. The molecule has 1 unspecified atom stereocenters. The Labute approximate surface area is 222 Å². The van der Waals surface area contributed by atoms with Crippen molar-refractivity contribution in [2.75, 3.05) is 43.6 Å². The van der Waals surface area contributed by atoms with Crippen LogP contribution >= 0.6 is 11.6 Å². The molecule has 1 aromatic carbocycles. The van der Waals surface area contributed by atoms with Crippen LogP contribution in [-0.2, 0) is 9.53 Å². The number of pyridine rings is 1. The van der Waals surface area contributed by atoms with E-state index in [0.29, 0.717) is 48.0 Å². The molecule has 1 saturated heterocycles. The maximum absolute atomic E-state index is 12.9. The number of rotatable bonds is 11. The lowest BCUT2D eigenvalue weighted by atomic mass is 10.1. The second-order valence-corrected chi connectivity index (χ2v) is 9.13. The Balaban J connectivity index is 1.43. The molecule has 0 saturated carbocycles. The molecule has 0 aliphatic carbocycles. The van der Waals surface area contributed by atoms with Gasteiger partial charge in [0.25, 0.3) is 5.91 Å². The number of benzene rings is 1. The van der Waals surface area contributed by atoms with Gasteiger partial charge in [-0.3, -0.25) is 14.7 Å². The fraction of sp³-hybridized carbons (Fsp3) is 0.360. The van der Waals surface area contributed by atoms with Crippen molar-refractivity contribution in [3.63, 3.8) is 0 Å². The Hall–Kier alpha value is -3.77. The van der Waals surface area contributed by atoms with E-state index in [1.165, 1.54) is 30.5 Å². The number of hydrogen-bond acceptors (Lipinski definition) is 7. The lowest BCUT2D eigenvalue weighted by Crippen LogP contribution is -2.24. The average molecular weight is 549 g/mol. The number of alkyl halides is 3. The lowest BCUT2D eigenvalue weighted by molar-refractivity contribution is -0.121. The second kappa shape index (κ2) is 12.2. The molecule has 3 aromatic rings. The Bertz CT molecular complexity index is 1240. The van der Waals surface area contributed by atoms with Gasteiger partial charge in [-0.1, -0.05) is 0 Å². The molecule has 0 radical (unpaired) electrons. The summed E-state index contributed by atoms with van der Waals surface area (Å²) in [5.74, 6) is 0.367. The third-order valence-corrected chi connectivity index (χ3v) is 6.03. The highest BCUT2D eigenvalue weighted by Gasteiger charge is 2.28. The number of aromatic nitrogens is 3. The third kappa shape index (κ3) is 7.39. The maximum atomic E-state index is 12.9. The molecule has 3 N–H and O–H groups in total. The van der Waals surface area contributed by atoms with Crippen molar-refractivity contribution < 1.29 is 27.8 Å². The van der Waals surface area contributed by atoms with Gasteiger partial charge in [0, 0.05) is 67.7 Å². The van der Waals surface area contributed by atoms with Crippen molar-refractivity contribution in [2.45, 2.75) is 18.4 Å². The number of halogens is 3. The van der Waals surface area contributed by atoms with E-state index in [2.05, 4.69) is 35.5 Å². The number of aromatic amines is 1. The average Bonchev–Trinajstić information content (AvgIpc) is 3.59. The molecular formula is C25H27ClF2N6O4. The van der Waals surface area contributed by atoms with Gasteiger partial charge in [0.05, 0.1) is 24.5 Å². The molecule has 2 amide bonds. The van der Waals surface area contributed by atoms with E-state index in [4.69, 9.17) is 16.3 Å². The molecule has 1 aliphatic heterocycles. The number of H-pyrrole nitrogens is 1. The normalized spacial score (nSPS) is 15.4. The predicted octanol–water partition coefficient (Wildman–Crippen LogP) is 3.87. The van der Waals surface area contributed by atoms with Crippen LogP contribution in [0.25, 0.3) is 11.3 Å². The molecule has 3 heterocycles. The van der Waals surface area contributed by atoms with Gasteiger partial charge in [0.1, 0.15) is 11.6 Å². The monoisotopic (exact) mass is 548 g/mol. The summed E-state index contributed by atoms with van der Waals surface area (Å²) in [5, 5.41) is 12.2. The Morgan fingerprint density at radius 3 is 2.74 bits per heavy atom. The Morgan fingerprint density at radius 1 is 1.26 bits per heavy atom. The van der Waals surface area contributed by atoms with E-state index >= 15 is 0 Å². The highest BCUT2D eigenvalue weighted by atomic mass is 35.5. The van der Waals surface area contributed by atoms with Gasteiger partial charge in [-0.25, -0.2) is 4.98 Å². The molecule has 2 aromatic heterocycles. The molecule has 13 heteroatoms. The standard InChI is InChI=1S/C25H27ClF2N6O4/c1-29-22(35)8-11-37-15-16-7-10-34(14-16)23-20(21-6-9-31-33-21)12-17(13-30-23)24(36)32-18-2-4-19(5-3-18)38-25(26,27)28/h2-6,9,12-13,16H,7-8,10-11,14-15H2,1H3,(H,29,35)(H,31,33)(H,32,36). The molecule has 1 aliphatic rings. The summed E-state index contributed by atoms with van der Waals surface area (Å²) >= 11 is 4.78. The fourth-order valence-corrected chi connectivity index (χ4v) is 4.17. The SMILES string of the molecule is CNC(=O)CCOCC1CCN(c2ncc(C(=O)Nc3ccc(OC(F)(F)Cl)cc3)cc2-c2ccn[nH]2)C1. The van der Waals surface area contributed by atoms with E-state index < -0.39 is 11.5 Å². The second-order valence-electron chi connectivity index (χ2n) is 8.69. The predicted molar refractivity (Wildman–Crippen MR) is 137 cm³/mol. The summed E-state index contributed by atoms with van der Waals surface area (Å²) in [7, 11) is 1.60. The van der Waals surface area contributed by atoms with Crippen molar-refractivity contribution in [3.8, 4) is 17.0 Å². The van der Waals surface area contributed by atoms with E-state index in [1.54, 1.807) is 25.4 Å². The van der Waals surface area contributed by atoms with Gasteiger partial charge in [-0.2, -0.15) is 5.10 Å². The Kier molecular flexibility index (Phi) is 8.74. The van der Waals surface area contributed by atoms with Crippen LogP contribution < -0.4 is 20.3 Å². The summed E-state index contributed by atoms with van der Waals surface area (Å²) < 4.78 is 35.6. The minimum Gasteiger partial charge on any atom is -0.420 e. The van der Waals surface area contributed by atoms with Crippen LogP contribution in [0.1, 0.15) is 23.2 Å². The van der Waals surface area contributed by atoms with Crippen LogP contribution in [0.3, 0.4) is 0 Å². The summed E-state index contributed by atoms with van der Waals surface area (Å²) in [6.45, 7) is 2.39. The number of nitrogens with zero attached hydrogens (tertiary/aromatic N) is 3. The molecule has 0 spiro atoms. The zero-order valence-corrected chi connectivity index (χ0v) is 21.3. The fourth-order valence-electron chi connectivity index (χ4n) is 4.08. The minimum absolute atomic E-state index is 0.0578. The van der Waals surface area contributed by atoms with Gasteiger partial charge >= 0.3 is 5.57 Å². The quantitative estimate of drug-likeness (QED) is 0.246. The van der Waals surface area contributed by atoms with Crippen LogP contribution in [0.15, 0.2) is 48.8 Å². The molecule has 0 bridgehead atoms. The first-order valence-electron chi connectivity index (χ1n) is 11.9. The van der Waals surface area contributed by atoms with E-state index in [0.717, 1.165) is 19.5 Å². The Morgan fingerprint density at radius 2 is 2.05 bits per heavy atom. The number of anilines is 2. The van der Waals surface area contributed by atoms with E-state index in [9.17, 15) is 18.4 Å². The number of ether oxygens (including phenoxy) is 2. The third-order valence-electron chi connectivity index (χ3n) is 5.96. The van der Waals surface area contributed by atoms with Crippen molar-refractivity contribution in [1.82, 2.24) is 20.5 Å². The molecule has 1 fully saturated rings. The highest BCUT2D eigenvalue weighted by molar-refractivity contribution is 6.20. The number of hydrogen-bond donors (Lipinski definition) is 3. The number of carbonyl (C=O) groups is 2. The smallest absolute Gasteiger partial charge is 0.420 e. The van der Waals surface area contributed by atoms with E-state index in [-0.39, 0.29) is 17.6 Å². The minimum atomic E-state index is -3.82. The molecular weight excluding hydrogens is 522 g/mol. The largest absolute Gasteiger partial charge is 0.487 e. The number of amides is 2. The molecule has 4 rings (SSSR count). The number of carbonyl (C=O) groups excluding carboxylic acids is 2. The van der Waals surface area contributed by atoms with E-state index in [1.807, 2.05) is 0 Å². The van der Waals surface area contributed by atoms with Crippen LogP contribution in [-0.4, -0.2) is 65.9 Å². The molecule has 10 nitrogen and oxygen atoms in total. The van der Waals surface area contributed by atoms with Crippen LogP contribution in [0, 0.1) is 5.92 Å². The summed E-state index contributed by atoms with van der Waals surface area (Å²) in [5.41, 5.74) is -1.72. The lowest BCUT2D eigenvalue weighted by Gasteiger charge is -2.21. The van der Waals surface area contributed by atoms with Gasteiger partial charge in [0.15, 0.2) is 0 Å². The van der Waals surface area contributed by atoms with Gasteiger partial charge in [-0.05, 0) is 42.8 Å². The molecule has 38 heavy (non-hydrogen) atoms. The molecule has 1 atom stereocenters. The van der Waals surface area contributed by atoms with Gasteiger partial charge in [0.2, 0.25) is 5.91 Å². The van der Waals surface area contributed by atoms with Gasteiger partial charge in [-0.15, -0.1) is 8.78 Å². The van der Waals surface area contributed by atoms with Crippen LogP contribution in [0.2, 0.25) is 0 Å². The van der Waals surface area contributed by atoms with Crippen molar-refractivity contribution in [1.29, 1.82) is 0 Å². The van der Waals surface area contributed by atoms with Crippen molar-refractivity contribution in [3.05, 3.63) is 54.4 Å². The van der Waals surface area contributed by atoms with Crippen LogP contribution in [0.4, 0.5) is 20.3 Å². The van der Waals surface area contributed by atoms with Gasteiger partial charge < -0.3 is 25.0 Å².